The zero-order valence-electron chi connectivity index (χ0n) is 15.5. The Labute approximate surface area is 164 Å². The predicted octanol–water partition coefficient (Wildman–Crippen LogP) is 5.76. The second-order valence-corrected chi connectivity index (χ2v) is 7.00. The molecule has 0 fully saturated rings. The van der Waals surface area contributed by atoms with Gasteiger partial charge in [-0.3, -0.25) is 0 Å². The van der Waals surface area contributed by atoms with Crippen molar-refractivity contribution in [2.75, 3.05) is 0 Å². The molecule has 1 atom stereocenters. The lowest BCUT2D eigenvalue weighted by molar-refractivity contribution is -0.679. The molecule has 0 amide bonds. The first-order chi connectivity index (χ1) is 13.9. The van der Waals surface area contributed by atoms with Crippen LogP contribution in [0.3, 0.4) is 0 Å². The van der Waals surface area contributed by atoms with Gasteiger partial charge in [-0.2, -0.15) is 0 Å². The van der Waals surface area contributed by atoms with Crippen molar-refractivity contribution in [3.8, 4) is 11.1 Å². The monoisotopic (exact) mass is 361 g/mol. The number of para-hydroxylation sites is 2. The fourth-order valence-corrected chi connectivity index (χ4v) is 3.88. The van der Waals surface area contributed by atoms with Gasteiger partial charge < -0.3 is 0 Å². The van der Waals surface area contributed by atoms with Gasteiger partial charge in [0, 0.05) is 11.1 Å². The maximum atomic E-state index is 3.41. The molecule has 5 rings (SSSR count). The van der Waals surface area contributed by atoms with Gasteiger partial charge in [-0.25, -0.2) is 9.55 Å². The van der Waals surface area contributed by atoms with E-state index in [9.17, 15) is 0 Å². The molecule has 1 unspecified atom stereocenters. The first kappa shape index (κ1) is 16.5. The van der Waals surface area contributed by atoms with Crippen LogP contribution in [-0.4, -0.2) is 4.98 Å². The number of fused-ring (bicyclic) bond motifs is 1. The van der Waals surface area contributed by atoms with E-state index in [0.29, 0.717) is 0 Å². The summed E-state index contributed by atoms with van der Waals surface area (Å²) in [6.07, 6.45) is 2.08. The van der Waals surface area contributed by atoms with Gasteiger partial charge in [0.15, 0.2) is 17.1 Å². The Morgan fingerprint density at radius 1 is 0.536 bits per heavy atom. The molecule has 1 N–H and O–H groups in total. The van der Waals surface area contributed by atoms with Crippen molar-refractivity contribution in [1.29, 1.82) is 0 Å². The Morgan fingerprint density at radius 3 is 1.86 bits per heavy atom. The molecule has 0 saturated heterocycles. The van der Waals surface area contributed by atoms with Gasteiger partial charge in [0.1, 0.15) is 0 Å². The maximum absolute atomic E-state index is 3.41. The number of aromatic nitrogens is 2. The van der Waals surface area contributed by atoms with Crippen LogP contribution in [0.1, 0.15) is 17.2 Å². The van der Waals surface area contributed by atoms with Crippen LogP contribution in [-0.2, 0) is 0 Å². The summed E-state index contributed by atoms with van der Waals surface area (Å²) >= 11 is 0. The largest absolute Gasteiger partial charge is 0.243 e. The summed E-state index contributed by atoms with van der Waals surface area (Å²) in [6.45, 7) is 0. The van der Waals surface area contributed by atoms with Crippen LogP contribution in [0, 0.1) is 0 Å². The van der Waals surface area contributed by atoms with Crippen LogP contribution in [0.4, 0.5) is 0 Å². The van der Waals surface area contributed by atoms with E-state index in [2.05, 4.69) is 125 Å². The van der Waals surface area contributed by atoms with Crippen LogP contribution < -0.4 is 4.57 Å². The second-order valence-electron chi connectivity index (χ2n) is 7.00. The molecule has 1 aromatic heterocycles. The molecule has 28 heavy (non-hydrogen) atoms. The molecule has 0 aliphatic carbocycles. The van der Waals surface area contributed by atoms with E-state index in [-0.39, 0.29) is 6.04 Å². The highest BCUT2D eigenvalue weighted by Gasteiger charge is 2.23. The maximum Gasteiger partial charge on any atom is 0.243 e. The average Bonchev–Trinajstić information content (AvgIpc) is 3.20. The van der Waals surface area contributed by atoms with Gasteiger partial charge in [-0.05, 0) is 23.3 Å². The van der Waals surface area contributed by atoms with E-state index < -0.39 is 0 Å². The van der Waals surface area contributed by atoms with Crippen molar-refractivity contribution in [3.63, 3.8) is 0 Å². The number of H-pyrrole nitrogens is 1. The Kier molecular flexibility index (Phi) is 4.23. The van der Waals surface area contributed by atoms with Crippen molar-refractivity contribution >= 4 is 11.0 Å². The first-order valence-corrected chi connectivity index (χ1v) is 9.58. The van der Waals surface area contributed by atoms with Gasteiger partial charge in [0.25, 0.3) is 0 Å². The van der Waals surface area contributed by atoms with Crippen LogP contribution in [0.5, 0.6) is 0 Å². The number of hydrogen-bond donors (Lipinski definition) is 1. The van der Waals surface area contributed by atoms with E-state index in [0.717, 1.165) is 5.52 Å². The predicted molar refractivity (Wildman–Crippen MR) is 114 cm³/mol. The molecule has 134 valence electrons. The molecule has 0 radical (unpaired) electrons. The molecular formula is C26H21N2+. The molecular weight excluding hydrogens is 340 g/mol. The Hall–Kier alpha value is -3.65. The Morgan fingerprint density at radius 2 is 1.11 bits per heavy atom. The van der Waals surface area contributed by atoms with Gasteiger partial charge in [0.05, 0.1) is 0 Å². The minimum absolute atomic E-state index is 0.113. The van der Waals surface area contributed by atoms with Gasteiger partial charge in [0.2, 0.25) is 6.33 Å². The van der Waals surface area contributed by atoms with Crippen molar-refractivity contribution in [2.45, 2.75) is 6.04 Å². The second kappa shape index (κ2) is 7.16. The number of aromatic amines is 1. The molecule has 5 aromatic rings. The lowest BCUT2D eigenvalue weighted by Gasteiger charge is -2.16. The van der Waals surface area contributed by atoms with Crippen molar-refractivity contribution < 1.29 is 4.57 Å². The summed E-state index contributed by atoms with van der Waals surface area (Å²) in [7, 11) is 0. The van der Waals surface area contributed by atoms with E-state index in [1.54, 1.807) is 0 Å². The normalized spacial score (nSPS) is 12.1. The summed E-state index contributed by atoms with van der Waals surface area (Å²) in [6, 6.07) is 38.7. The summed E-state index contributed by atoms with van der Waals surface area (Å²) in [5.41, 5.74) is 7.35. The standard InChI is InChI=1S/C26H20N2/c1-3-9-20(10-4-1)21-15-17-23(18-16-21)26(22-11-5-2-6-12-22)28-19-27-24-13-7-8-14-25(24)28/h1-19,26H/p+1. The lowest BCUT2D eigenvalue weighted by atomic mass is 9.96. The summed E-state index contributed by atoms with van der Waals surface area (Å²) < 4.78 is 2.32. The molecule has 4 aromatic carbocycles. The number of rotatable bonds is 4. The molecule has 2 nitrogen and oxygen atoms in total. The zero-order chi connectivity index (χ0) is 18.8. The summed E-state index contributed by atoms with van der Waals surface area (Å²) in [5, 5.41) is 0. The fraction of sp³-hybridized carbons (Fsp3) is 0.0385. The topological polar surface area (TPSA) is 19.7 Å². The minimum Gasteiger partial charge on any atom is -0.243 e. The van der Waals surface area contributed by atoms with Crippen molar-refractivity contribution in [2.24, 2.45) is 0 Å². The molecule has 0 aliphatic heterocycles. The molecule has 0 spiro atoms. The third-order valence-corrected chi connectivity index (χ3v) is 5.27. The Balaban J connectivity index is 1.63. The highest BCUT2D eigenvalue weighted by molar-refractivity contribution is 5.70. The highest BCUT2D eigenvalue weighted by Crippen LogP contribution is 2.26. The van der Waals surface area contributed by atoms with Gasteiger partial charge in [-0.1, -0.05) is 97.1 Å². The number of nitrogens with one attached hydrogen (secondary N) is 1. The van der Waals surface area contributed by atoms with Crippen LogP contribution in [0.25, 0.3) is 22.2 Å². The smallest absolute Gasteiger partial charge is 0.243 e. The van der Waals surface area contributed by atoms with Crippen molar-refractivity contribution in [3.05, 3.63) is 127 Å². The van der Waals surface area contributed by atoms with Crippen LogP contribution in [0.15, 0.2) is 116 Å². The number of benzene rings is 4. The zero-order valence-corrected chi connectivity index (χ0v) is 15.5. The molecule has 2 heteroatoms. The summed E-state index contributed by atoms with van der Waals surface area (Å²) in [4.78, 5) is 3.41. The lowest BCUT2D eigenvalue weighted by Crippen LogP contribution is -2.39. The average molecular weight is 361 g/mol. The SMILES string of the molecule is c1ccc(-c2ccc(C(c3ccccc3)[n+]3c[nH]c4ccccc43)cc2)cc1. The van der Waals surface area contributed by atoms with Crippen LogP contribution in [0.2, 0.25) is 0 Å². The minimum atomic E-state index is 0.113. The number of hydrogen-bond acceptors (Lipinski definition) is 0. The van der Waals surface area contributed by atoms with Crippen LogP contribution >= 0.6 is 0 Å². The van der Waals surface area contributed by atoms with Crippen molar-refractivity contribution in [1.82, 2.24) is 4.98 Å². The Bertz CT molecular complexity index is 1190. The highest BCUT2D eigenvalue weighted by atomic mass is 15.1. The third-order valence-electron chi connectivity index (χ3n) is 5.27. The first-order valence-electron chi connectivity index (χ1n) is 9.58. The fourth-order valence-electron chi connectivity index (χ4n) is 3.88. The molecule has 0 saturated carbocycles. The quantitative estimate of drug-likeness (QED) is 0.393. The van der Waals surface area contributed by atoms with E-state index in [4.69, 9.17) is 0 Å². The van der Waals surface area contributed by atoms with E-state index in [1.807, 2.05) is 0 Å². The molecule has 0 bridgehead atoms. The van der Waals surface area contributed by atoms with E-state index >= 15 is 0 Å². The van der Waals surface area contributed by atoms with E-state index in [1.165, 1.54) is 27.8 Å². The van der Waals surface area contributed by atoms with Gasteiger partial charge in [-0.15, -0.1) is 0 Å². The number of imidazole rings is 1. The summed E-state index contributed by atoms with van der Waals surface area (Å²) in [5.74, 6) is 0. The van der Waals surface area contributed by atoms with Gasteiger partial charge >= 0.3 is 0 Å². The number of nitrogens with zero attached hydrogens (tertiary/aromatic N) is 1. The molecule has 1 heterocycles. The molecule has 0 aliphatic rings. The third kappa shape index (κ3) is 2.99.